The van der Waals surface area contributed by atoms with Gasteiger partial charge in [-0.1, -0.05) is 12.1 Å². The maximum Gasteiger partial charge on any atom is 0.337 e. The third-order valence-corrected chi connectivity index (χ3v) is 2.58. The largest absolute Gasteiger partial charge is 0.465 e. The average molecular weight is 260 g/mol. The molecule has 0 amide bonds. The van der Waals surface area contributed by atoms with E-state index in [0.717, 1.165) is 11.8 Å². The molecule has 0 fully saturated rings. The van der Waals surface area contributed by atoms with Crippen LogP contribution in [0.15, 0.2) is 42.6 Å². The highest BCUT2D eigenvalue weighted by Crippen LogP contribution is 2.09. The van der Waals surface area contributed by atoms with Crippen molar-refractivity contribution < 1.29 is 13.9 Å². The Hall–Kier alpha value is -2.43. The fourth-order valence-electron chi connectivity index (χ4n) is 1.55. The van der Waals surface area contributed by atoms with Gasteiger partial charge in [0.15, 0.2) is 0 Å². The van der Waals surface area contributed by atoms with Crippen molar-refractivity contribution in [2.75, 3.05) is 12.4 Å². The van der Waals surface area contributed by atoms with Crippen molar-refractivity contribution in [1.82, 2.24) is 4.98 Å². The van der Waals surface area contributed by atoms with Crippen LogP contribution in [0.25, 0.3) is 0 Å². The lowest BCUT2D eigenvalue weighted by Crippen LogP contribution is -2.03. The van der Waals surface area contributed by atoms with E-state index in [2.05, 4.69) is 15.0 Å². The number of benzene rings is 1. The van der Waals surface area contributed by atoms with Crippen LogP contribution in [0.1, 0.15) is 15.9 Å². The summed E-state index contributed by atoms with van der Waals surface area (Å²) in [6.45, 7) is 0.542. The van der Waals surface area contributed by atoms with Crippen molar-refractivity contribution in [3.63, 3.8) is 0 Å². The highest BCUT2D eigenvalue weighted by atomic mass is 19.1. The van der Waals surface area contributed by atoms with E-state index in [1.54, 1.807) is 18.2 Å². The molecular formula is C14H13FN2O2. The first kappa shape index (κ1) is 13.0. The SMILES string of the molecule is COC(=O)c1ccc(CNc2ccc(F)cn2)cc1. The van der Waals surface area contributed by atoms with Crippen molar-refractivity contribution in [3.05, 3.63) is 59.5 Å². The molecule has 0 aliphatic rings. The van der Waals surface area contributed by atoms with E-state index in [1.807, 2.05) is 12.1 Å². The topological polar surface area (TPSA) is 51.2 Å². The lowest BCUT2D eigenvalue weighted by Gasteiger charge is -2.06. The molecule has 1 heterocycles. The summed E-state index contributed by atoms with van der Waals surface area (Å²) in [5.41, 5.74) is 1.49. The van der Waals surface area contributed by atoms with Gasteiger partial charge in [0.05, 0.1) is 18.9 Å². The van der Waals surface area contributed by atoms with Gasteiger partial charge in [-0.05, 0) is 29.8 Å². The van der Waals surface area contributed by atoms with Crippen LogP contribution in [-0.2, 0) is 11.3 Å². The molecule has 1 N–H and O–H groups in total. The molecule has 1 aromatic heterocycles. The van der Waals surface area contributed by atoms with E-state index in [9.17, 15) is 9.18 Å². The first-order chi connectivity index (χ1) is 9.19. The summed E-state index contributed by atoms with van der Waals surface area (Å²) in [6, 6.07) is 9.95. The Bertz CT molecular complexity index is 553. The number of methoxy groups -OCH3 is 1. The Morgan fingerprint density at radius 3 is 2.58 bits per heavy atom. The monoisotopic (exact) mass is 260 g/mol. The molecule has 4 nitrogen and oxygen atoms in total. The van der Waals surface area contributed by atoms with Gasteiger partial charge in [0.25, 0.3) is 0 Å². The molecule has 0 aliphatic carbocycles. The molecule has 0 atom stereocenters. The Labute approximate surface area is 110 Å². The van der Waals surface area contributed by atoms with Crippen LogP contribution in [-0.4, -0.2) is 18.1 Å². The third kappa shape index (κ3) is 3.51. The number of nitrogens with zero attached hydrogens (tertiary/aromatic N) is 1. The molecule has 0 bridgehead atoms. The van der Waals surface area contributed by atoms with E-state index >= 15 is 0 Å². The molecule has 0 unspecified atom stereocenters. The molecule has 0 radical (unpaired) electrons. The van der Waals surface area contributed by atoms with Gasteiger partial charge >= 0.3 is 5.97 Å². The summed E-state index contributed by atoms with van der Waals surface area (Å²) in [6.07, 6.45) is 1.16. The Balaban J connectivity index is 1.96. The summed E-state index contributed by atoms with van der Waals surface area (Å²) in [5.74, 6) is -0.133. The normalized spacial score (nSPS) is 10.0. The average Bonchev–Trinajstić information content (AvgIpc) is 2.46. The summed E-state index contributed by atoms with van der Waals surface area (Å²) in [5, 5.41) is 3.06. The Kier molecular flexibility index (Phi) is 4.07. The zero-order valence-electron chi connectivity index (χ0n) is 10.4. The van der Waals surface area contributed by atoms with Gasteiger partial charge in [-0.25, -0.2) is 14.2 Å². The number of ether oxygens (including phenoxy) is 1. The number of carbonyl (C=O) groups excluding carboxylic acids is 1. The standard InChI is InChI=1S/C14H13FN2O2/c1-19-14(18)11-4-2-10(3-5-11)8-16-13-7-6-12(15)9-17-13/h2-7,9H,8H2,1H3,(H,16,17). The van der Waals surface area contributed by atoms with Gasteiger partial charge < -0.3 is 10.1 Å². The molecule has 0 saturated carbocycles. The summed E-state index contributed by atoms with van der Waals surface area (Å²) >= 11 is 0. The van der Waals surface area contributed by atoms with Crippen LogP contribution < -0.4 is 5.32 Å². The van der Waals surface area contributed by atoms with E-state index < -0.39 is 0 Å². The molecule has 5 heteroatoms. The highest BCUT2D eigenvalue weighted by molar-refractivity contribution is 5.89. The Morgan fingerprint density at radius 2 is 2.00 bits per heavy atom. The number of hydrogen-bond acceptors (Lipinski definition) is 4. The van der Waals surface area contributed by atoms with E-state index in [-0.39, 0.29) is 11.8 Å². The number of hydrogen-bond donors (Lipinski definition) is 1. The number of esters is 1. The number of pyridine rings is 1. The molecule has 1 aromatic carbocycles. The van der Waals surface area contributed by atoms with Gasteiger partial charge in [-0.2, -0.15) is 0 Å². The van der Waals surface area contributed by atoms with Gasteiger partial charge in [-0.15, -0.1) is 0 Å². The summed E-state index contributed by atoms with van der Waals surface area (Å²) in [7, 11) is 1.35. The molecule has 0 saturated heterocycles. The number of aromatic nitrogens is 1. The van der Waals surface area contributed by atoms with Crippen LogP contribution in [0.2, 0.25) is 0 Å². The summed E-state index contributed by atoms with van der Waals surface area (Å²) < 4.78 is 17.3. The minimum absolute atomic E-state index is 0.361. The van der Waals surface area contributed by atoms with E-state index in [0.29, 0.717) is 17.9 Å². The lowest BCUT2D eigenvalue weighted by atomic mass is 10.1. The maximum absolute atomic E-state index is 12.7. The number of anilines is 1. The predicted molar refractivity (Wildman–Crippen MR) is 69.3 cm³/mol. The fraction of sp³-hybridized carbons (Fsp3) is 0.143. The molecule has 98 valence electrons. The van der Waals surface area contributed by atoms with Crippen LogP contribution in [0.5, 0.6) is 0 Å². The molecule has 0 aliphatic heterocycles. The molecular weight excluding hydrogens is 247 g/mol. The van der Waals surface area contributed by atoms with Crippen molar-refractivity contribution in [2.45, 2.75) is 6.54 Å². The predicted octanol–water partition coefficient (Wildman–Crippen LogP) is 2.62. The lowest BCUT2D eigenvalue weighted by molar-refractivity contribution is 0.0600. The first-order valence-corrected chi connectivity index (χ1v) is 5.72. The van der Waals surface area contributed by atoms with Gasteiger partial charge in [-0.3, -0.25) is 0 Å². The number of carbonyl (C=O) groups is 1. The first-order valence-electron chi connectivity index (χ1n) is 5.72. The second kappa shape index (κ2) is 5.95. The van der Waals surface area contributed by atoms with Gasteiger partial charge in [0.1, 0.15) is 11.6 Å². The van der Waals surface area contributed by atoms with Crippen molar-refractivity contribution >= 4 is 11.8 Å². The summed E-state index contributed by atoms with van der Waals surface area (Å²) in [4.78, 5) is 15.1. The van der Waals surface area contributed by atoms with Gasteiger partial charge in [0.2, 0.25) is 0 Å². The quantitative estimate of drug-likeness (QED) is 0.858. The van der Waals surface area contributed by atoms with Crippen LogP contribution in [0.3, 0.4) is 0 Å². The smallest absolute Gasteiger partial charge is 0.337 e. The molecule has 2 rings (SSSR count). The van der Waals surface area contributed by atoms with Gasteiger partial charge in [0, 0.05) is 6.54 Å². The van der Waals surface area contributed by atoms with Crippen molar-refractivity contribution in [1.29, 1.82) is 0 Å². The Morgan fingerprint density at radius 1 is 1.26 bits per heavy atom. The molecule has 2 aromatic rings. The van der Waals surface area contributed by atoms with Crippen molar-refractivity contribution in [2.24, 2.45) is 0 Å². The van der Waals surface area contributed by atoms with Crippen LogP contribution >= 0.6 is 0 Å². The zero-order chi connectivity index (χ0) is 13.7. The number of halogens is 1. The van der Waals surface area contributed by atoms with Crippen LogP contribution in [0, 0.1) is 5.82 Å². The number of rotatable bonds is 4. The molecule has 19 heavy (non-hydrogen) atoms. The molecule has 0 spiro atoms. The highest BCUT2D eigenvalue weighted by Gasteiger charge is 2.04. The van der Waals surface area contributed by atoms with Crippen molar-refractivity contribution in [3.8, 4) is 0 Å². The van der Waals surface area contributed by atoms with Crippen LogP contribution in [0.4, 0.5) is 10.2 Å². The van der Waals surface area contributed by atoms with E-state index in [4.69, 9.17) is 0 Å². The third-order valence-electron chi connectivity index (χ3n) is 2.58. The minimum atomic E-state index is -0.368. The number of nitrogens with one attached hydrogen (secondary N) is 1. The fourth-order valence-corrected chi connectivity index (χ4v) is 1.55. The minimum Gasteiger partial charge on any atom is -0.465 e. The van der Waals surface area contributed by atoms with E-state index in [1.165, 1.54) is 13.2 Å². The second-order valence-electron chi connectivity index (χ2n) is 3.90. The zero-order valence-corrected chi connectivity index (χ0v) is 10.4. The maximum atomic E-state index is 12.7. The second-order valence-corrected chi connectivity index (χ2v) is 3.90.